The summed E-state index contributed by atoms with van der Waals surface area (Å²) in [6, 6.07) is 0. The Hall–Kier alpha value is -1.34. The average molecular weight is 341 g/mol. The van der Waals surface area contributed by atoms with E-state index in [1.165, 1.54) is 0 Å². The lowest BCUT2D eigenvalue weighted by atomic mass is 10.0. The molecule has 2 atom stereocenters. The van der Waals surface area contributed by atoms with Crippen molar-refractivity contribution in [3.8, 4) is 0 Å². The highest BCUT2D eigenvalue weighted by molar-refractivity contribution is 5.80. The summed E-state index contributed by atoms with van der Waals surface area (Å²) >= 11 is 0. The zero-order valence-corrected chi connectivity index (χ0v) is 15.3. The van der Waals surface area contributed by atoms with Crippen LogP contribution in [-0.4, -0.2) is 79.9 Å². The predicted octanol–water partition coefficient (Wildman–Crippen LogP) is 1.08. The van der Waals surface area contributed by atoms with E-state index in [9.17, 15) is 9.59 Å². The molecule has 0 saturated carbocycles. The normalized spacial score (nSPS) is 25.6. The van der Waals surface area contributed by atoms with E-state index < -0.39 is 5.60 Å². The minimum atomic E-state index is -0.447. The van der Waals surface area contributed by atoms with Gasteiger partial charge >= 0.3 is 6.09 Å². The number of nitrogens with zero attached hydrogens (tertiary/aromatic N) is 2. The van der Waals surface area contributed by atoms with Crippen LogP contribution in [0.4, 0.5) is 4.79 Å². The van der Waals surface area contributed by atoms with Crippen LogP contribution in [0.1, 0.15) is 33.6 Å². The molecule has 1 N–H and O–H groups in total. The molecule has 2 amide bonds. The first-order valence-corrected chi connectivity index (χ1v) is 8.82. The van der Waals surface area contributed by atoms with E-state index in [0.29, 0.717) is 19.1 Å². The smallest absolute Gasteiger partial charge is 0.410 e. The van der Waals surface area contributed by atoms with Crippen LogP contribution in [0.15, 0.2) is 0 Å². The summed E-state index contributed by atoms with van der Waals surface area (Å²) in [5.41, 5.74) is -0.447. The molecule has 0 bridgehead atoms. The lowest BCUT2D eigenvalue weighted by Gasteiger charge is -2.32. The van der Waals surface area contributed by atoms with E-state index >= 15 is 0 Å². The number of morpholine rings is 1. The molecule has 0 unspecified atom stereocenters. The lowest BCUT2D eigenvalue weighted by Crippen LogP contribution is -2.49. The van der Waals surface area contributed by atoms with Gasteiger partial charge in [0.05, 0.1) is 6.61 Å². The molecule has 7 nitrogen and oxygen atoms in total. The second kappa shape index (κ2) is 8.16. The quantitative estimate of drug-likeness (QED) is 0.828. The fourth-order valence-electron chi connectivity index (χ4n) is 3.15. The number of hydrogen-bond acceptors (Lipinski definition) is 5. The zero-order chi connectivity index (χ0) is 17.7. The molecule has 0 aromatic heterocycles. The fraction of sp³-hybridized carbons (Fsp3) is 0.882. The Bertz CT molecular complexity index is 450. The van der Waals surface area contributed by atoms with Gasteiger partial charge in [-0.15, -0.1) is 0 Å². The Morgan fingerprint density at radius 2 is 2.00 bits per heavy atom. The number of nitrogens with one attached hydrogen (secondary N) is 1. The molecule has 0 aromatic rings. The average Bonchev–Trinajstić information content (AvgIpc) is 3.00. The van der Waals surface area contributed by atoms with Gasteiger partial charge in [0.2, 0.25) is 5.91 Å². The molecule has 0 aromatic carbocycles. The van der Waals surface area contributed by atoms with Gasteiger partial charge in [-0.2, -0.15) is 0 Å². The highest BCUT2D eigenvalue weighted by Crippen LogP contribution is 2.22. The van der Waals surface area contributed by atoms with Gasteiger partial charge in [-0.1, -0.05) is 0 Å². The first-order chi connectivity index (χ1) is 11.3. The Morgan fingerprint density at radius 1 is 1.25 bits per heavy atom. The number of likely N-dealkylation sites (tertiary alicyclic amines) is 1. The number of carbonyl (C=O) groups excluding carboxylic acids is 2. The van der Waals surface area contributed by atoms with Crippen molar-refractivity contribution in [2.75, 3.05) is 46.4 Å². The number of carbonyl (C=O) groups is 2. The number of likely N-dealkylation sites (N-methyl/N-ethyl adjacent to an activating group) is 1. The van der Waals surface area contributed by atoms with Gasteiger partial charge in [0.25, 0.3) is 0 Å². The van der Waals surface area contributed by atoms with Gasteiger partial charge in [-0.05, 0) is 46.1 Å². The summed E-state index contributed by atoms with van der Waals surface area (Å²) < 4.78 is 10.9. The number of ether oxygens (including phenoxy) is 2. The van der Waals surface area contributed by atoms with E-state index in [0.717, 1.165) is 39.0 Å². The van der Waals surface area contributed by atoms with Gasteiger partial charge in [0.1, 0.15) is 11.7 Å². The summed E-state index contributed by atoms with van der Waals surface area (Å²) in [5, 5.41) is 2.64. The van der Waals surface area contributed by atoms with Crippen molar-refractivity contribution < 1.29 is 19.1 Å². The Morgan fingerprint density at radius 3 is 2.67 bits per heavy atom. The molecule has 0 spiro atoms. The Balaban J connectivity index is 1.72. The molecule has 24 heavy (non-hydrogen) atoms. The standard InChI is InChI=1S/C17H31N3O4/c1-17(2,3)24-16(22)20-8-6-13(11-20)5-7-19-9-10-23-14(12-19)15(21)18-4/h13-14H,5-12H2,1-4H3,(H,18,21)/t13-,14-/m0/s1. The molecule has 0 radical (unpaired) electrons. The fourth-order valence-corrected chi connectivity index (χ4v) is 3.15. The van der Waals surface area contributed by atoms with Crippen LogP contribution in [0.25, 0.3) is 0 Å². The summed E-state index contributed by atoms with van der Waals surface area (Å²) in [6.07, 6.45) is 1.46. The number of rotatable bonds is 4. The van der Waals surface area contributed by atoms with Crippen molar-refractivity contribution in [2.45, 2.75) is 45.3 Å². The maximum Gasteiger partial charge on any atom is 0.410 e. The van der Waals surface area contributed by atoms with Crippen molar-refractivity contribution in [1.82, 2.24) is 15.1 Å². The molecule has 0 aliphatic carbocycles. The molecule has 2 fully saturated rings. The highest BCUT2D eigenvalue weighted by atomic mass is 16.6. The van der Waals surface area contributed by atoms with Crippen LogP contribution in [-0.2, 0) is 14.3 Å². The third-order valence-electron chi connectivity index (χ3n) is 4.48. The third-order valence-corrected chi connectivity index (χ3v) is 4.48. The van der Waals surface area contributed by atoms with E-state index in [1.807, 2.05) is 25.7 Å². The molecule has 2 saturated heterocycles. The SMILES string of the molecule is CNC(=O)[C@@H]1CN(CC[C@H]2CCN(C(=O)OC(C)(C)C)C2)CCO1. The van der Waals surface area contributed by atoms with Crippen LogP contribution in [0.2, 0.25) is 0 Å². The van der Waals surface area contributed by atoms with Gasteiger partial charge < -0.3 is 19.7 Å². The predicted molar refractivity (Wildman–Crippen MR) is 90.8 cm³/mol. The van der Waals surface area contributed by atoms with Crippen molar-refractivity contribution in [1.29, 1.82) is 0 Å². The first-order valence-electron chi connectivity index (χ1n) is 8.82. The summed E-state index contributed by atoms with van der Waals surface area (Å²) in [5.74, 6) is 0.440. The minimum Gasteiger partial charge on any atom is -0.444 e. The molecular formula is C17H31N3O4. The van der Waals surface area contributed by atoms with Crippen LogP contribution in [0, 0.1) is 5.92 Å². The highest BCUT2D eigenvalue weighted by Gasteiger charge is 2.31. The van der Waals surface area contributed by atoms with E-state index in [2.05, 4.69) is 10.2 Å². The minimum absolute atomic E-state index is 0.0586. The first kappa shape index (κ1) is 19.0. The Labute approximate surface area is 144 Å². The van der Waals surface area contributed by atoms with Gasteiger partial charge in [0, 0.05) is 33.2 Å². The second-order valence-corrected chi connectivity index (χ2v) is 7.64. The van der Waals surface area contributed by atoms with Crippen LogP contribution in [0.5, 0.6) is 0 Å². The van der Waals surface area contributed by atoms with Crippen LogP contribution in [0.3, 0.4) is 0 Å². The third kappa shape index (κ3) is 5.63. The van der Waals surface area contributed by atoms with E-state index in [4.69, 9.17) is 9.47 Å². The Kier molecular flexibility index (Phi) is 6.46. The van der Waals surface area contributed by atoms with Gasteiger partial charge in [-0.3, -0.25) is 9.69 Å². The summed E-state index contributed by atoms with van der Waals surface area (Å²) in [4.78, 5) is 27.9. The number of hydrogen-bond donors (Lipinski definition) is 1. The monoisotopic (exact) mass is 341 g/mol. The van der Waals surface area contributed by atoms with E-state index in [1.54, 1.807) is 7.05 Å². The molecule has 2 heterocycles. The van der Waals surface area contributed by atoms with Crippen molar-refractivity contribution in [2.24, 2.45) is 5.92 Å². The number of amides is 2. The molecular weight excluding hydrogens is 310 g/mol. The largest absolute Gasteiger partial charge is 0.444 e. The van der Waals surface area contributed by atoms with Crippen LogP contribution >= 0.6 is 0 Å². The lowest BCUT2D eigenvalue weighted by molar-refractivity contribution is -0.138. The van der Waals surface area contributed by atoms with Crippen LogP contribution < -0.4 is 5.32 Å². The molecule has 2 rings (SSSR count). The van der Waals surface area contributed by atoms with Crippen molar-refractivity contribution >= 4 is 12.0 Å². The van der Waals surface area contributed by atoms with Crippen molar-refractivity contribution in [3.63, 3.8) is 0 Å². The maximum absolute atomic E-state index is 12.1. The topological polar surface area (TPSA) is 71.1 Å². The summed E-state index contributed by atoms with van der Waals surface area (Å²) in [7, 11) is 1.63. The molecule has 2 aliphatic rings. The molecule has 7 heteroatoms. The van der Waals surface area contributed by atoms with E-state index in [-0.39, 0.29) is 18.1 Å². The maximum atomic E-state index is 12.1. The molecule has 2 aliphatic heterocycles. The van der Waals surface area contributed by atoms with Crippen molar-refractivity contribution in [3.05, 3.63) is 0 Å². The van der Waals surface area contributed by atoms with Gasteiger partial charge in [-0.25, -0.2) is 4.79 Å². The summed E-state index contributed by atoms with van der Waals surface area (Å²) in [6.45, 7) is 10.2. The molecule has 138 valence electrons. The zero-order valence-electron chi connectivity index (χ0n) is 15.3. The van der Waals surface area contributed by atoms with Gasteiger partial charge in [0.15, 0.2) is 0 Å². The second-order valence-electron chi connectivity index (χ2n) is 7.64.